The van der Waals surface area contributed by atoms with Crippen LogP contribution in [-0.4, -0.2) is 10.5 Å². The molecule has 0 bridgehead atoms. The number of carbonyl (C=O) groups is 1. The molecule has 3 nitrogen and oxygen atoms in total. The normalized spacial score (nSPS) is 17.2. The van der Waals surface area contributed by atoms with Crippen LogP contribution in [0, 0.1) is 17.4 Å². The molecule has 0 aliphatic heterocycles. The van der Waals surface area contributed by atoms with Crippen LogP contribution >= 0.6 is 34.2 Å². The van der Waals surface area contributed by atoms with Crippen molar-refractivity contribution in [3.8, 4) is 0 Å². The second-order valence-electron chi connectivity index (χ2n) is 5.89. The molecular weight excluding hydrogens is 423 g/mol. The van der Waals surface area contributed by atoms with Crippen LogP contribution in [0.2, 0.25) is 5.02 Å². The Morgan fingerprint density at radius 1 is 1.26 bits per heavy atom. The summed E-state index contributed by atoms with van der Waals surface area (Å²) in [5, 5.41) is 3.60. The summed E-state index contributed by atoms with van der Waals surface area (Å²) in [5.74, 6) is -0.0323. The second kappa shape index (κ2) is 6.69. The van der Waals surface area contributed by atoms with Crippen molar-refractivity contribution in [1.29, 1.82) is 0 Å². The third-order valence-electron chi connectivity index (χ3n) is 4.25. The average molecular weight is 441 g/mol. The molecule has 1 aliphatic carbocycles. The Hall–Kier alpha value is -1.27. The van der Waals surface area contributed by atoms with E-state index < -0.39 is 0 Å². The summed E-state index contributed by atoms with van der Waals surface area (Å²) < 4.78 is 3.30. The van der Waals surface area contributed by atoms with Gasteiger partial charge in [0.05, 0.1) is 5.69 Å². The Bertz CT molecular complexity index is 775. The molecule has 120 valence electrons. The number of nitrogens with zero attached hydrogens (tertiary/aromatic N) is 1. The number of allylic oxidation sites excluding steroid dienone is 1. The van der Waals surface area contributed by atoms with Gasteiger partial charge in [-0.1, -0.05) is 17.7 Å². The largest absolute Gasteiger partial charge is 0.346 e. The summed E-state index contributed by atoms with van der Waals surface area (Å²) in [4.78, 5) is 12.5. The fourth-order valence-corrected chi connectivity index (χ4v) is 3.78. The predicted octanol–water partition coefficient (Wildman–Crippen LogP) is 5.26. The maximum Gasteiger partial charge on any atom is 0.251 e. The minimum atomic E-state index is -0.0323. The third kappa shape index (κ3) is 3.48. The number of aryl methyl sites for hydroxylation is 2. The van der Waals surface area contributed by atoms with Crippen LogP contribution in [0.1, 0.15) is 30.3 Å². The molecule has 1 atom stereocenters. The molecule has 2 aromatic rings. The number of carbonyl (C=O) groups excluding carboxylic acids is 1. The van der Waals surface area contributed by atoms with E-state index in [1.807, 2.05) is 12.1 Å². The van der Waals surface area contributed by atoms with Gasteiger partial charge in [0.15, 0.2) is 0 Å². The molecule has 0 fully saturated rings. The van der Waals surface area contributed by atoms with Gasteiger partial charge < -0.3 is 9.88 Å². The van der Waals surface area contributed by atoms with Crippen molar-refractivity contribution in [3.05, 3.63) is 62.0 Å². The minimum Gasteiger partial charge on any atom is -0.346 e. The molecule has 0 saturated carbocycles. The average Bonchev–Trinajstić information content (AvgIpc) is 3.10. The number of anilines is 1. The maximum atomic E-state index is 12.5. The number of rotatable bonds is 3. The van der Waals surface area contributed by atoms with E-state index in [0.717, 1.165) is 27.7 Å². The van der Waals surface area contributed by atoms with Gasteiger partial charge in [0, 0.05) is 31.6 Å². The highest BCUT2D eigenvalue weighted by atomic mass is 127. The number of aromatic nitrogens is 1. The van der Waals surface area contributed by atoms with Crippen molar-refractivity contribution in [2.75, 3.05) is 5.32 Å². The highest BCUT2D eigenvalue weighted by molar-refractivity contribution is 14.1. The zero-order valence-electron chi connectivity index (χ0n) is 13.1. The van der Waals surface area contributed by atoms with Crippen LogP contribution in [0.4, 0.5) is 5.69 Å². The third-order valence-corrected chi connectivity index (χ3v) is 5.43. The zero-order chi connectivity index (χ0) is 16.6. The Morgan fingerprint density at radius 3 is 2.65 bits per heavy atom. The van der Waals surface area contributed by atoms with Crippen LogP contribution < -0.4 is 5.32 Å². The Labute approximate surface area is 154 Å². The first kappa shape index (κ1) is 16.6. The van der Waals surface area contributed by atoms with E-state index in [4.69, 9.17) is 11.6 Å². The summed E-state index contributed by atoms with van der Waals surface area (Å²) in [7, 11) is 0. The van der Waals surface area contributed by atoms with E-state index in [9.17, 15) is 4.79 Å². The molecule has 1 N–H and O–H groups in total. The quantitative estimate of drug-likeness (QED) is 0.649. The topological polar surface area (TPSA) is 34.0 Å². The standard InChI is InChI=1S/C18H18ClIN2O/c1-11-3-4-12(2)22(11)15-7-5-13(9-15)18(23)21-17-10-14(19)6-8-16(17)20/h3-6,8,10,15H,7,9H2,1-2H3,(H,21,23)/t15-/m1/s1. The molecular formula is C18H18ClIN2O. The fourth-order valence-electron chi connectivity index (χ4n) is 3.13. The number of halogens is 2. The first-order valence-corrected chi connectivity index (χ1v) is 9.01. The minimum absolute atomic E-state index is 0.0323. The molecule has 0 spiro atoms. The van der Waals surface area contributed by atoms with Gasteiger partial charge in [-0.2, -0.15) is 0 Å². The van der Waals surface area contributed by atoms with Crippen molar-refractivity contribution >= 4 is 45.8 Å². The SMILES string of the molecule is Cc1ccc(C)n1[C@@H]1CC=C(C(=O)Nc2cc(Cl)ccc2I)C1. The van der Waals surface area contributed by atoms with E-state index in [1.54, 1.807) is 6.07 Å². The monoisotopic (exact) mass is 440 g/mol. The lowest BCUT2D eigenvalue weighted by Gasteiger charge is -2.18. The van der Waals surface area contributed by atoms with Crippen molar-refractivity contribution in [2.45, 2.75) is 32.7 Å². The highest BCUT2D eigenvalue weighted by Crippen LogP contribution is 2.33. The fraction of sp³-hybridized carbons (Fsp3) is 0.278. The van der Waals surface area contributed by atoms with Gasteiger partial charge in [0.25, 0.3) is 5.91 Å². The van der Waals surface area contributed by atoms with Gasteiger partial charge in [-0.3, -0.25) is 4.79 Å². The Balaban J connectivity index is 1.71. The van der Waals surface area contributed by atoms with E-state index in [-0.39, 0.29) is 5.91 Å². The van der Waals surface area contributed by atoms with E-state index >= 15 is 0 Å². The van der Waals surface area contributed by atoms with Gasteiger partial charge in [-0.15, -0.1) is 0 Å². The number of nitrogens with one attached hydrogen (secondary N) is 1. The lowest BCUT2D eigenvalue weighted by atomic mass is 10.1. The van der Waals surface area contributed by atoms with Crippen molar-refractivity contribution in [3.63, 3.8) is 0 Å². The summed E-state index contributed by atoms with van der Waals surface area (Å²) in [6, 6.07) is 10.1. The molecule has 1 aromatic heterocycles. The van der Waals surface area contributed by atoms with Gasteiger partial charge in [-0.05, 0) is 79.6 Å². The van der Waals surface area contributed by atoms with E-state index in [2.05, 4.69) is 64.5 Å². The molecule has 3 rings (SSSR count). The molecule has 1 aliphatic rings. The Kier molecular flexibility index (Phi) is 4.82. The summed E-state index contributed by atoms with van der Waals surface area (Å²) in [5.41, 5.74) is 4.10. The van der Waals surface area contributed by atoms with E-state index in [1.165, 1.54) is 11.4 Å². The zero-order valence-corrected chi connectivity index (χ0v) is 16.0. The highest BCUT2D eigenvalue weighted by Gasteiger charge is 2.24. The summed E-state index contributed by atoms with van der Waals surface area (Å²) in [6.45, 7) is 4.22. The van der Waals surface area contributed by atoms with Crippen molar-refractivity contribution in [1.82, 2.24) is 4.57 Å². The van der Waals surface area contributed by atoms with Gasteiger partial charge in [0.2, 0.25) is 0 Å². The lowest BCUT2D eigenvalue weighted by molar-refractivity contribution is -0.113. The summed E-state index contributed by atoms with van der Waals surface area (Å²) >= 11 is 8.21. The maximum absolute atomic E-state index is 12.5. The first-order valence-electron chi connectivity index (χ1n) is 7.55. The summed E-state index contributed by atoms with van der Waals surface area (Å²) in [6.07, 6.45) is 3.71. The second-order valence-corrected chi connectivity index (χ2v) is 7.49. The first-order chi connectivity index (χ1) is 11.0. The molecule has 1 heterocycles. The van der Waals surface area contributed by atoms with Crippen LogP contribution in [0.15, 0.2) is 42.0 Å². The Morgan fingerprint density at radius 2 is 1.96 bits per heavy atom. The number of hydrogen-bond donors (Lipinski definition) is 1. The molecule has 23 heavy (non-hydrogen) atoms. The van der Waals surface area contributed by atoms with E-state index in [0.29, 0.717) is 11.1 Å². The van der Waals surface area contributed by atoms with Gasteiger partial charge >= 0.3 is 0 Å². The number of hydrogen-bond acceptors (Lipinski definition) is 1. The predicted molar refractivity (Wildman–Crippen MR) is 103 cm³/mol. The lowest BCUT2D eigenvalue weighted by Crippen LogP contribution is -2.16. The number of amides is 1. The smallest absolute Gasteiger partial charge is 0.251 e. The van der Waals surface area contributed by atoms with Crippen LogP contribution in [-0.2, 0) is 4.79 Å². The molecule has 0 unspecified atom stereocenters. The van der Waals surface area contributed by atoms with Crippen molar-refractivity contribution < 1.29 is 4.79 Å². The molecule has 0 radical (unpaired) electrons. The number of benzene rings is 1. The molecule has 1 aromatic carbocycles. The van der Waals surface area contributed by atoms with Crippen molar-refractivity contribution in [2.24, 2.45) is 0 Å². The van der Waals surface area contributed by atoms with Crippen LogP contribution in [0.3, 0.4) is 0 Å². The van der Waals surface area contributed by atoms with Crippen LogP contribution in [0.25, 0.3) is 0 Å². The molecule has 1 amide bonds. The van der Waals surface area contributed by atoms with Gasteiger partial charge in [-0.25, -0.2) is 0 Å². The molecule has 5 heteroatoms. The van der Waals surface area contributed by atoms with Gasteiger partial charge in [0.1, 0.15) is 0 Å². The molecule has 0 saturated heterocycles. The van der Waals surface area contributed by atoms with Crippen LogP contribution in [0.5, 0.6) is 0 Å².